The number of urea groups is 1. The number of thioether (sulfide) groups is 1. The summed E-state index contributed by atoms with van der Waals surface area (Å²) in [6, 6.07) is 0.391. The summed E-state index contributed by atoms with van der Waals surface area (Å²) >= 11 is 1.91. The normalized spacial score (nSPS) is 34.2. The quantitative estimate of drug-likeness (QED) is 0.0205. The van der Waals surface area contributed by atoms with Crippen LogP contribution in [0.5, 0.6) is 0 Å². The maximum Gasteiger partial charge on any atom is 0.315 e. The highest BCUT2D eigenvalue weighted by Crippen LogP contribution is 2.70. The molecule has 382 valence electrons. The van der Waals surface area contributed by atoms with Gasteiger partial charge in [-0.25, -0.2) is 4.79 Å². The molecule has 6 aliphatic rings. The van der Waals surface area contributed by atoms with E-state index < -0.39 is 0 Å². The van der Waals surface area contributed by atoms with E-state index in [1.54, 1.807) is 0 Å². The molecule has 0 aromatic rings. The van der Waals surface area contributed by atoms with E-state index in [2.05, 4.69) is 48.6 Å². The Bertz CT molecular complexity index is 1670. The fraction of sp³-hybridized carbons (Fsp3) is 0.865. The highest BCUT2D eigenvalue weighted by atomic mass is 32.2. The van der Waals surface area contributed by atoms with Crippen LogP contribution in [0.15, 0.2) is 12.2 Å². The van der Waals surface area contributed by atoms with Gasteiger partial charge in [-0.3, -0.25) is 19.2 Å². The second-order valence-corrected chi connectivity index (χ2v) is 23.0. The summed E-state index contributed by atoms with van der Waals surface area (Å²) in [4.78, 5) is 63.9. The van der Waals surface area contributed by atoms with Crippen LogP contribution in [0, 0.1) is 52.3 Å². The van der Waals surface area contributed by atoms with E-state index in [1.165, 1.54) is 5.57 Å². The minimum Gasteiger partial charge on any atom is -0.462 e. The molecule has 0 radical (unpaired) electrons. The molecule has 0 spiro atoms. The zero-order chi connectivity index (χ0) is 47.4. The number of unbranched alkanes of at least 4 members (excludes halogenated alkanes) is 4. The van der Waals surface area contributed by atoms with E-state index in [1.807, 2.05) is 11.8 Å². The third-order valence-corrected chi connectivity index (χ3v) is 19.1. The molecule has 4 aliphatic carbocycles. The summed E-state index contributed by atoms with van der Waals surface area (Å²) in [6.45, 7) is 13.8. The van der Waals surface area contributed by atoms with Crippen LogP contribution in [0.2, 0.25) is 0 Å². The molecule has 0 bridgehead atoms. The van der Waals surface area contributed by atoms with Gasteiger partial charge in [-0.1, -0.05) is 59.6 Å². The largest absolute Gasteiger partial charge is 0.462 e. The second kappa shape index (κ2) is 25.8. The van der Waals surface area contributed by atoms with Gasteiger partial charge in [0.2, 0.25) is 11.8 Å². The van der Waals surface area contributed by atoms with Crippen LogP contribution in [-0.4, -0.2) is 97.8 Å². The van der Waals surface area contributed by atoms with Crippen LogP contribution in [-0.2, 0) is 28.7 Å². The number of fused-ring (bicyclic) bond motifs is 6. The molecule has 0 aromatic heterocycles. The van der Waals surface area contributed by atoms with Gasteiger partial charge in [0.05, 0.1) is 24.9 Å². The molecule has 67 heavy (non-hydrogen) atoms. The van der Waals surface area contributed by atoms with Crippen molar-refractivity contribution >= 4 is 41.5 Å². The van der Waals surface area contributed by atoms with Gasteiger partial charge in [0.15, 0.2) is 0 Å². The molecule has 0 aromatic carbocycles. The Morgan fingerprint density at radius 1 is 0.806 bits per heavy atom. The van der Waals surface area contributed by atoms with Gasteiger partial charge >= 0.3 is 18.0 Å². The number of hydrogen-bond donors (Lipinski definition) is 7. The summed E-state index contributed by atoms with van der Waals surface area (Å²) in [5.41, 5.74) is 18.5. The van der Waals surface area contributed by atoms with Gasteiger partial charge in [-0.2, -0.15) is 11.8 Å². The van der Waals surface area contributed by atoms with Crippen LogP contribution in [0.3, 0.4) is 0 Å². The summed E-state index contributed by atoms with van der Waals surface area (Å²) < 4.78 is 13.1. The number of nitrogens with two attached hydrogens (primary N) is 3. The summed E-state index contributed by atoms with van der Waals surface area (Å²) in [6.07, 6.45) is 16.9. The zero-order valence-electron chi connectivity index (χ0n) is 40.7. The molecule has 6 fully saturated rings. The van der Waals surface area contributed by atoms with Crippen molar-refractivity contribution in [3.05, 3.63) is 12.2 Å². The average molecular weight is 958 g/mol. The number of amides is 4. The summed E-state index contributed by atoms with van der Waals surface area (Å²) in [7, 11) is 0. The molecule has 10 N–H and O–H groups in total. The van der Waals surface area contributed by atoms with Crippen LogP contribution < -0.4 is 38.5 Å². The smallest absolute Gasteiger partial charge is 0.315 e. The van der Waals surface area contributed by atoms with Gasteiger partial charge in [0.1, 0.15) is 12.2 Å². The maximum atomic E-state index is 13.4. The van der Waals surface area contributed by atoms with Gasteiger partial charge in [0, 0.05) is 61.4 Å². The van der Waals surface area contributed by atoms with Crippen LogP contribution in [0.1, 0.15) is 163 Å². The van der Waals surface area contributed by atoms with Crippen molar-refractivity contribution in [3.8, 4) is 0 Å². The van der Waals surface area contributed by atoms with Crippen LogP contribution >= 0.6 is 11.8 Å². The fourth-order valence-electron chi connectivity index (χ4n) is 14.1. The topological polar surface area (TPSA) is 230 Å². The molecule has 2 aliphatic heterocycles. The van der Waals surface area contributed by atoms with Crippen LogP contribution in [0.25, 0.3) is 0 Å². The number of nitrogens with one attached hydrogen (secondary N) is 4. The average Bonchev–Trinajstić information content (AvgIpc) is 3.95. The Hall–Kier alpha value is -2.88. The van der Waals surface area contributed by atoms with Gasteiger partial charge in [-0.15, -0.1) is 0 Å². The van der Waals surface area contributed by atoms with Crippen molar-refractivity contribution in [3.63, 3.8) is 0 Å². The number of ether oxygens (including phenoxy) is 2. The van der Waals surface area contributed by atoms with Crippen molar-refractivity contribution in [1.29, 1.82) is 0 Å². The minimum absolute atomic E-state index is 0. The first-order valence-electron chi connectivity index (χ1n) is 26.1. The Morgan fingerprint density at radius 3 is 2.16 bits per heavy atom. The van der Waals surface area contributed by atoms with Crippen molar-refractivity contribution in [2.45, 2.75) is 193 Å². The Kier molecular flexibility index (Phi) is 21.2. The third-order valence-electron chi connectivity index (χ3n) is 17.6. The Balaban J connectivity index is 0.00000840. The standard InChI is InChI=1S/C51H87N7O7S.CH4/c1-32(18-22-52)27-34-17-21-50(3)35(28-34)29-40(64-45(61)19-23-53)47-37-15-14-36(51(37,4)42(30-38(47)50)65-46(62)20-24-54)33(2)13-16-44(60)56-26-10-6-5-9-25-55-43(59)12-8-7-11-41-48-39(31-66-41)57-49(63)58-48;/h33-42,47-48H,1,5-31,52-54H2,2-4H3,(H,55,59)(H,56,60)(H2,57,58,63);1H4/t33-,34+,35?,36?,37+,38+,39-,40-,41?,42+,47?,48-,50?,51?;/m1./s1. The first-order chi connectivity index (χ1) is 31.7. The molecule has 6 rings (SSSR count). The van der Waals surface area contributed by atoms with E-state index in [9.17, 15) is 24.0 Å². The van der Waals surface area contributed by atoms with Crippen LogP contribution in [0.4, 0.5) is 4.79 Å². The van der Waals surface area contributed by atoms with E-state index in [-0.39, 0.29) is 128 Å². The first-order valence-corrected chi connectivity index (χ1v) is 27.1. The fourth-order valence-corrected chi connectivity index (χ4v) is 15.7. The summed E-state index contributed by atoms with van der Waals surface area (Å²) in [5, 5.41) is 12.7. The molecule has 2 saturated heterocycles. The highest BCUT2D eigenvalue weighted by Gasteiger charge is 2.67. The zero-order valence-corrected chi connectivity index (χ0v) is 41.5. The van der Waals surface area contributed by atoms with Crippen molar-refractivity contribution < 1.29 is 33.4 Å². The lowest BCUT2D eigenvalue weighted by Gasteiger charge is -2.64. The SMILES string of the molecule is C.C=C(CCN)C[C@@H]1CCC2(C)C(C1)C[C@@H](OC(=O)CCN)C1[C@@H]2C[C@H](OC(=O)CCN)C2(C)C([C@H](C)CCC(=O)NCCCCCCNC(=O)CCCCC3SC[C@H]4NC(=O)N[C@@H]34)CC[C@@H]12. The molecular weight excluding hydrogens is 867 g/mol. The Morgan fingerprint density at radius 2 is 1.48 bits per heavy atom. The molecule has 2 heterocycles. The predicted molar refractivity (Wildman–Crippen MR) is 268 cm³/mol. The van der Waals surface area contributed by atoms with Gasteiger partial charge in [-0.05, 0) is 137 Å². The number of rotatable bonds is 26. The molecule has 14 nitrogen and oxygen atoms in total. The molecular formula is C52H91N7O7S. The molecule has 4 saturated carbocycles. The molecule has 15 heteroatoms. The predicted octanol–water partition coefficient (Wildman–Crippen LogP) is 6.87. The summed E-state index contributed by atoms with van der Waals surface area (Å²) in [5.74, 6) is 2.64. The van der Waals surface area contributed by atoms with Gasteiger partial charge < -0.3 is 47.9 Å². The lowest BCUT2D eigenvalue weighted by atomic mass is 9.42. The van der Waals surface area contributed by atoms with Crippen molar-refractivity contribution in [1.82, 2.24) is 21.3 Å². The van der Waals surface area contributed by atoms with E-state index in [4.69, 9.17) is 26.7 Å². The van der Waals surface area contributed by atoms with E-state index in [0.717, 1.165) is 115 Å². The van der Waals surface area contributed by atoms with E-state index in [0.29, 0.717) is 49.6 Å². The second-order valence-electron chi connectivity index (χ2n) is 21.7. The van der Waals surface area contributed by atoms with Crippen molar-refractivity contribution in [2.24, 2.45) is 69.5 Å². The van der Waals surface area contributed by atoms with Crippen molar-refractivity contribution in [2.75, 3.05) is 38.5 Å². The number of carbonyl (C=O) groups is 5. The number of carbonyl (C=O) groups excluding carboxylic acids is 5. The monoisotopic (exact) mass is 958 g/mol. The third kappa shape index (κ3) is 13.7. The number of esters is 2. The lowest BCUT2D eigenvalue weighted by Crippen LogP contribution is -2.63. The highest BCUT2D eigenvalue weighted by molar-refractivity contribution is 8.00. The first kappa shape index (κ1) is 55.1. The van der Waals surface area contributed by atoms with E-state index >= 15 is 0 Å². The molecule has 14 atom stereocenters. The maximum absolute atomic E-state index is 13.4. The van der Waals surface area contributed by atoms with Gasteiger partial charge in [0.25, 0.3) is 0 Å². The number of hydrogen-bond acceptors (Lipinski definition) is 11. The molecule has 4 amide bonds. The molecule has 6 unspecified atom stereocenters. The minimum atomic E-state index is -0.340. The Labute approximate surface area is 407 Å². The lowest BCUT2D eigenvalue weighted by molar-refractivity contribution is -0.223.